The Balaban J connectivity index is 2.14. The minimum atomic E-state index is -0.0124. The molecule has 0 heterocycles. The molecule has 0 unspecified atom stereocenters. The first-order valence-electron chi connectivity index (χ1n) is 6.68. The lowest BCUT2D eigenvalue weighted by molar-refractivity contribution is -0.127. The third kappa shape index (κ3) is 2.43. The van der Waals surface area contributed by atoms with Gasteiger partial charge in [-0.15, -0.1) is 0 Å². The van der Waals surface area contributed by atoms with Crippen molar-refractivity contribution in [2.24, 2.45) is 11.3 Å². The first-order chi connectivity index (χ1) is 8.09. The van der Waals surface area contributed by atoms with E-state index in [1.54, 1.807) is 0 Å². The van der Waals surface area contributed by atoms with Gasteiger partial charge in [-0.2, -0.15) is 0 Å². The van der Waals surface area contributed by atoms with Crippen LogP contribution < -0.4 is 0 Å². The predicted octanol–water partition coefficient (Wildman–Crippen LogP) is 3.93. The number of Topliss-reactive ketones (excluding diaryl/α,β-unsaturated/α-hetero) is 1. The minimum absolute atomic E-state index is 0.0124. The van der Waals surface area contributed by atoms with E-state index in [1.165, 1.54) is 11.1 Å². The molecule has 1 fully saturated rings. The molecule has 0 spiro atoms. The van der Waals surface area contributed by atoms with Crippen LogP contribution in [0.2, 0.25) is 0 Å². The van der Waals surface area contributed by atoms with Crippen LogP contribution in [0.5, 0.6) is 0 Å². The van der Waals surface area contributed by atoms with Crippen molar-refractivity contribution in [2.45, 2.75) is 46.5 Å². The summed E-state index contributed by atoms with van der Waals surface area (Å²) in [6.07, 6.45) is 4.09. The maximum absolute atomic E-state index is 12.4. The average Bonchev–Trinajstić information content (AvgIpc) is 3.11. The van der Waals surface area contributed by atoms with E-state index < -0.39 is 0 Å². The normalized spacial score (nSPS) is 18.8. The Morgan fingerprint density at radius 2 is 2.00 bits per heavy atom. The summed E-state index contributed by atoms with van der Waals surface area (Å²) in [5.74, 6) is 0.713. The molecule has 0 N–H and O–H groups in total. The van der Waals surface area contributed by atoms with Gasteiger partial charge in [-0.25, -0.2) is 0 Å². The van der Waals surface area contributed by atoms with Crippen LogP contribution in [0.3, 0.4) is 0 Å². The smallest absolute Gasteiger partial charge is 0.142 e. The first-order valence-corrected chi connectivity index (χ1v) is 6.68. The van der Waals surface area contributed by atoms with Crippen molar-refractivity contribution in [1.29, 1.82) is 0 Å². The van der Waals surface area contributed by atoms with Gasteiger partial charge in [0.1, 0.15) is 5.78 Å². The zero-order chi connectivity index (χ0) is 12.5. The summed E-state index contributed by atoms with van der Waals surface area (Å²) < 4.78 is 0. The molecule has 1 heteroatoms. The molecule has 0 bridgehead atoms. The average molecular weight is 230 g/mol. The number of hydrogen-bond donors (Lipinski definition) is 0. The van der Waals surface area contributed by atoms with Crippen molar-refractivity contribution in [2.75, 3.05) is 0 Å². The Kier molecular flexibility index (Phi) is 3.37. The van der Waals surface area contributed by atoms with E-state index in [2.05, 4.69) is 45.0 Å². The number of hydrogen-bond acceptors (Lipinski definition) is 1. The molecule has 0 saturated heterocycles. The van der Waals surface area contributed by atoms with Crippen molar-refractivity contribution < 1.29 is 4.79 Å². The Labute approximate surface area is 104 Å². The summed E-state index contributed by atoms with van der Waals surface area (Å²) in [7, 11) is 0. The number of rotatable bonds is 5. The van der Waals surface area contributed by atoms with E-state index in [-0.39, 0.29) is 11.3 Å². The lowest BCUT2D eigenvalue weighted by atomic mass is 9.84. The molecular formula is C16H22O. The van der Waals surface area contributed by atoms with Gasteiger partial charge >= 0.3 is 0 Å². The quantitative estimate of drug-likeness (QED) is 0.749. The molecule has 1 aliphatic carbocycles. The highest BCUT2D eigenvalue weighted by atomic mass is 16.1. The topological polar surface area (TPSA) is 17.1 Å². The van der Waals surface area contributed by atoms with Gasteiger partial charge in [0, 0.05) is 11.3 Å². The van der Waals surface area contributed by atoms with Gasteiger partial charge in [-0.3, -0.25) is 4.79 Å². The molecule has 0 aromatic heterocycles. The highest BCUT2D eigenvalue weighted by molar-refractivity contribution is 5.89. The van der Waals surface area contributed by atoms with Crippen LogP contribution in [-0.2, 0) is 11.2 Å². The third-order valence-electron chi connectivity index (χ3n) is 4.23. The minimum Gasteiger partial charge on any atom is -0.299 e. The van der Waals surface area contributed by atoms with Crippen LogP contribution >= 0.6 is 0 Å². The van der Waals surface area contributed by atoms with E-state index in [9.17, 15) is 4.79 Å². The fourth-order valence-corrected chi connectivity index (χ4v) is 2.54. The second kappa shape index (κ2) is 4.64. The van der Waals surface area contributed by atoms with Crippen LogP contribution in [0.15, 0.2) is 24.3 Å². The van der Waals surface area contributed by atoms with Gasteiger partial charge in [0.05, 0.1) is 0 Å². The van der Waals surface area contributed by atoms with Crippen LogP contribution in [0, 0.1) is 18.3 Å². The lowest BCUT2D eigenvalue weighted by Gasteiger charge is -2.19. The second-order valence-corrected chi connectivity index (χ2v) is 5.56. The predicted molar refractivity (Wildman–Crippen MR) is 71.0 cm³/mol. The van der Waals surface area contributed by atoms with Crippen molar-refractivity contribution in [3.63, 3.8) is 0 Å². The Bertz CT molecular complexity index is 415. The van der Waals surface area contributed by atoms with Gasteiger partial charge in [0.25, 0.3) is 0 Å². The molecule has 1 atom stereocenters. The van der Waals surface area contributed by atoms with Crippen molar-refractivity contribution in [3.05, 3.63) is 35.4 Å². The molecule has 1 aromatic carbocycles. The van der Waals surface area contributed by atoms with Gasteiger partial charge in [0.15, 0.2) is 0 Å². The summed E-state index contributed by atoms with van der Waals surface area (Å²) >= 11 is 0. The standard InChI is InChI=1S/C16H22O/c1-4-12(2)15(17)16(9-10-16)11-14-8-6-5-7-13(14)3/h5-8,12H,4,9-11H2,1-3H3/t12-/m0/s1. The summed E-state index contributed by atoms with van der Waals surface area (Å²) in [5.41, 5.74) is 2.65. The van der Waals surface area contributed by atoms with Crippen molar-refractivity contribution in [3.8, 4) is 0 Å². The van der Waals surface area contributed by atoms with E-state index in [1.807, 2.05) is 0 Å². The van der Waals surface area contributed by atoms with E-state index >= 15 is 0 Å². The molecule has 0 radical (unpaired) electrons. The third-order valence-corrected chi connectivity index (χ3v) is 4.23. The van der Waals surface area contributed by atoms with E-state index in [0.29, 0.717) is 5.78 Å². The lowest BCUT2D eigenvalue weighted by Crippen LogP contribution is -2.25. The molecule has 1 saturated carbocycles. The highest BCUT2D eigenvalue weighted by Crippen LogP contribution is 2.51. The van der Waals surface area contributed by atoms with Crippen molar-refractivity contribution in [1.82, 2.24) is 0 Å². The Morgan fingerprint density at radius 3 is 2.53 bits per heavy atom. The van der Waals surface area contributed by atoms with E-state index in [0.717, 1.165) is 25.7 Å². The van der Waals surface area contributed by atoms with Crippen LogP contribution in [0.4, 0.5) is 0 Å². The molecule has 1 nitrogen and oxygen atoms in total. The van der Waals surface area contributed by atoms with Crippen LogP contribution in [0.25, 0.3) is 0 Å². The second-order valence-electron chi connectivity index (χ2n) is 5.56. The van der Waals surface area contributed by atoms with Gasteiger partial charge < -0.3 is 0 Å². The summed E-state index contributed by atoms with van der Waals surface area (Å²) in [6, 6.07) is 8.44. The Hall–Kier alpha value is -1.11. The molecule has 17 heavy (non-hydrogen) atoms. The van der Waals surface area contributed by atoms with Crippen molar-refractivity contribution >= 4 is 5.78 Å². The fraction of sp³-hybridized carbons (Fsp3) is 0.562. The summed E-state index contributed by atoms with van der Waals surface area (Å²) in [5, 5.41) is 0. The molecule has 1 aromatic rings. The summed E-state index contributed by atoms with van der Waals surface area (Å²) in [4.78, 5) is 12.4. The first kappa shape index (κ1) is 12.3. The SMILES string of the molecule is CC[C@H](C)C(=O)C1(Cc2ccccc2C)CC1. The fourth-order valence-electron chi connectivity index (χ4n) is 2.54. The van der Waals surface area contributed by atoms with Crippen LogP contribution in [0.1, 0.15) is 44.2 Å². The maximum atomic E-state index is 12.4. The molecule has 1 aliphatic rings. The molecule has 0 aliphatic heterocycles. The van der Waals surface area contributed by atoms with Gasteiger partial charge in [-0.1, -0.05) is 38.1 Å². The highest BCUT2D eigenvalue weighted by Gasteiger charge is 2.50. The van der Waals surface area contributed by atoms with E-state index in [4.69, 9.17) is 0 Å². The maximum Gasteiger partial charge on any atom is 0.142 e. The number of benzene rings is 1. The number of ketones is 1. The Morgan fingerprint density at radius 1 is 1.35 bits per heavy atom. The summed E-state index contributed by atoms with van der Waals surface area (Å²) in [6.45, 7) is 6.31. The monoisotopic (exact) mass is 230 g/mol. The van der Waals surface area contributed by atoms with Crippen LogP contribution in [-0.4, -0.2) is 5.78 Å². The molecular weight excluding hydrogens is 208 g/mol. The molecule has 92 valence electrons. The zero-order valence-corrected chi connectivity index (χ0v) is 11.1. The number of carbonyl (C=O) groups is 1. The van der Waals surface area contributed by atoms with Gasteiger partial charge in [-0.05, 0) is 43.7 Å². The van der Waals surface area contributed by atoms with Gasteiger partial charge in [0.2, 0.25) is 0 Å². The molecule has 2 rings (SSSR count). The molecule has 0 amide bonds. The number of carbonyl (C=O) groups excluding carboxylic acids is 1. The zero-order valence-electron chi connectivity index (χ0n) is 11.1. The number of aryl methyl sites for hydroxylation is 1. The largest absolute Gasteiger partial charge is 0.299 e.